The maximum absolute atomic E-state index is 5.93. The highest BCUT2D eigenvalue weighted by Crippen LogP contribution is 2.08. The van der Waals surface area contributed by atoms with E-state index in [0.717, 1.165) is 45.1 Å². The fourth-order valence-corrected chi connectivity index (χ4v) is 2.36. The second kappa shape index (κ2) is 8.00. The molecule has 2 rings (SSSR count). The zero-order chi connectivity index (χ0) is 15.1. The number of nitrogens with zero attached hydrogens (tertiary/aromatic N) is 2. The fourth-order valence-electron chi connectivity index (χ4n) is 2.36. The van der Waals surface area contributed by atoms with Crippen LogP contribution in [0.15, 0.2) is 29.3 Å². The molecule has 1 unspecified atom stereocenters. The van der Waals surface area contributed by atoms with Crippen LogP contribution in [-0.2, 0) is 4.74 Å². The molecule has 0 radical (unpaired) electrons. The molecule has 3 N–H and O–H groups in total. The molecule has 116 valence electrons. The summed E-state index contributed by atoms with van der Waals surface area (Å²) in [6.45, 7) is 9.77. The third-order valence-electron chi connectivity index (χ3n) is 3.57. The van der Waals surface area contributed by atoms with Gasteiger partial charge in [0.05, 0.1) is 13.2 Å². The predicted molar refractivity (Wildman–Crippen MR) is 87.7 cm³/mol. The summed E-state index contributed by atoms with van der Waals surface area (Å²) in [5, 5.41) is 3.12. The molecule has 0 spiro atoms. The van der Waals surface area contributed by atoms with Gasteiger partial charge in [0.2, 0.25) is 0 Å². The van der Waals surface area contributed by atoms with Crippen LogP contribution in [0.3, 0.4) is 0 Å². The van der Waals surface area contributed by atoms with Crippen molar-refractivity contribution < 1.29 is 4.74 Å². The van der Waals surface area contributed by atoms with Gasteiger partial charge in [0, 0.05) is 31.9 Å². The average Bonchev–Trinajstić information content (AvgIpc) is 2.49. The lowest BCUT2D eigenvalue weighted by atomic mass is 10.1. The molecule has 0 amide bonds. The van der Waals surface area contributed by atoms with Crippen molar-refractivity contribution in [3.63, 3.8) is 0 Å². The number of nitrogens with two attached hydrogens (primary N) is 1. The highest BCUT2D eigenvalue weighted by Gasteiger charge is 2.13. The van der Waals surface area contributed by atoms with Crippen molar-refractivity contribution in [2.45, 2.75) is 13.8 Å². The number of aryl methyl sites for hydroxylation is 1. The predicted octanol–water partition coefficient (Wildman–Crippen LogP) is 1.69. The molecule has 0 aliphatic carbocycles. The Labute approximate surface area is 127 Å². The van der Waals surface area contributed by atoms with Crippen LogP contribution in [-0.4, -0.2) is 50.3 Å². The number of guanidine groups is 1. The molecule has 0 aromatic heterocycles. The van der Waals surface area contributed by atoms with Crippen molar-refractivity contribution in [3.05, 3.63) is 29.8 Å². The van der Waals surface area contributed by atoms with Crippen molar-refractivity contribution in [3.8, 4) is 0 Å². The van der Waals surface area contributed by atoms with Crippen molar-refractivity contribution in [1.29, 1.82) is 0 Å². The van der Waals surface area contributed by atoms with E-state index in [1.54, 1.807) is 0 Å². The Balaban J connectivity index is 1.75. The molecule has 1 fully saturated rings. The molecule has 0 saturated carbocycles. The molecule has 1 saturated heterocycles. The number of nitrogens with one attached hydrogen (secondary N) is 1. The monoisotopic (exact) mass is 290 g/mol. The molecule has 1 atom stereocenters. The third-order valence-corrected chi connectivity index (χ3v) is 3.57. The Bertz CT molecular complexity index is 452. The molecular formula is C16H26N4O. The summed E-state index contributed by atoms with van der Waals surface area (Å²) in [7, 11) is 0. The number of benzene rings is 1. The van der Waals surface area contributed by atoms with Crippen LogP contribution in [0.2, 0.25) is 0 Å². The van der Waals surface area contributed by atoms with E-state index in [4.69, 9.17) is 10.5 Å². The van der Waals surface area contributed by atoms with Gasteiger partial charge < -0.3 is 15.8 Å². The van der Waals surface area contributed by atoms with E-state index in [2.05, 4.69) is 41.2 Å². The van der Waals surface area contributed by atoms with Gasteiger partial charge in [-0.1, -0.05) is 24.6 Å². The van der Waals surface area contributed by atoms with Crippen LogP contribution in [0.1, 0.15) is 12.5 Å². The molecule has 0 bridgehead atoms. The standard InChI is InChI=1S/C16H26N4O/c1-13-3-5-15(6-4-13)19-16(17)18-11-14(2)12-20-7-9-21-10-8-20/h3-6,14H,7-12H2,1-2H3,(H3,17,18,19). The van der Waals surface area contributed by atoms with Gasteiger partial charge in [-0.05, 0) is 25.0 Å². The molecule has 1 aliphatic heterocycles. The first-order valence-electron chi connectivity index (χ1n) is 7.57. The van der Waals surface area contributed by atoms with E-state index in [-0.39, 0.29) is 0 Å². The minimum Gasteiger partial charge on any atom is -0.379 e. The number of aliphatic imine (C=N–C) groups is 1. The summed E-state index contributed by atoms with van der Waals surface area (Å²) < 4.78 is 5.36. The molecule has 5 heteroatoms. The minimum absolute atomic E-state index is 0.479. The first-order chi connectivity index (χ1) is 10.1. The summed E-state index contributed by atoms with van der Waals surface area (Å²) in [5.74, 6) is 0.967. The molecule has 1 aliphatic rings. The zero-order valence-corrected chi connectivity index (χ0v) is 13.0. The summed E-state index contributed by atoms with van der Waals surface area (Å²) in [4.78, 5) is 6.86. The van der Waals surface area contributed by atoms with Crippen LogP contribution >= 0.6 is 0 Å². The quantitative estimate of drug-likeness (QED) is 0.640. The van der Waals surface area contributed by atoms with Gasteiger partial charge in [-0.2, -0.15) is 0 Å². The van der Waals surface area contributed by atoms with Crippen LogP contribution in [0.25, 0.3) is 0 Å². The summed E-state index contributed by atoms with van der Waals surface area (Å²) in [6.07, 6.45) is 0. The maximum atomic E-state index is 5.93. The van der Waals surface area contributed by atoms with E-state index in [0.29, 0.717) is 11.9 Å². The minimum atomic E-state index is 0.479. The second-order valence-corrected chi connectivity index (χ2v) is 5.74. The van der Waals surface area contributed by atoms with Crippen LogP contribution in [0.4, 0.5) is 5.69 Å². The van der Waals surface area contributed by atoms with E-state index in [9.17, 15) is 0 Å². The zero-order valence-electron chi connectivity index (χ0n) is 13.0. The maximum Gasteiger partial charge on any atom is 0.193 e. The van der Waals surface area contributed by atoms with Crippen molar-refractivity contribution in [2.24, 2.45) is 16.6 Å². The van der Waals surface area contributed by atoms with Gasteiger partial charge in [0.15, 0.2) is 5.96 Å². The van der Waals surface area contributed by atoms with Gasteiger partial charge in [0.25, 0.3) is 0 Å². The first kappa shape index (κ1) is 15.8. The van der Waals surface area contributed by atoms with Crippen molar-refractivity contribution >= 4 is 11.6 Å². The van der Waals surface area contributed by atoms with Crippen LogP contribution in [0.5, 0.6) is 0 Å². The SMILES string of the molecule is Cc1ccc(NC(N)=NCC(C)CN2CCOCC2)cc1. The van der Waals surface area contributed by atoms with E-state index >= 15 is 0 Å². The number of ether oxygens (including phenoxy) is 1. The number of rotatable bonds is 5. The molecule has 5 nitrogen and oxygen atoms in total. The Morgan fingerprint density at radius 1 is 1.33 bits per heavy atom. The highest BCUT2D eigenvalue weighted by molar-refractivity contribution is 5.92. The fraction of sp³-hybridized carbons (Fsp3) is 0.562. The van der Waals surface area contributed by atoms with E-state index in [1.807, 2.05) is 12.1 Å². The Morgan fingerprint density at radius 3 is 2.67 bits per heavy atom. The van der Waals surface area contributed by atoms with E-state index < -0.39 is 0 Å². The topological polar surface area (TPSA) is 62.9 Å². The summed E-state index contributed by atoms with van der Waals surface area (Å²) in [5.41, 5.74) is 8.14. The normalized spacial score (nSPS) is 18.5. The number of anilines is 1. The van der Waals surface area contributed by atoms with Gasteiger partial charge in [-0.3, -0.25) is 9.89 Å². The number of hydrogen-bond donors (Lipinski definition) is 2. The van der Waals surface area contributed by atoms with Gasteiger partial charge >= 0.3 is 0 Å². The second-order valence-electron chi connectivity index (χ2n) is 5.74. The third kappa shape index (κ3) is 5.73. The van der Waals surface area contributed by atoms with Crippen molar-refractivity contribution in [1.82, 2.24) is 4.90 Å². The molecule has 1 aromatic rings. The molecule has 1 aromatic carbocycles. The molecule has 1 heterocycles. The van der Waals surface area contributed by atoms with Crippen LogP contribution in [0, 0.1) is 12.8 Å². The smallest absolute Gasteiger partial charge is 0.193 e. The highest BCUT2D eigenvalue weighted by atomic mass is 16.5. The Kier molecular flexibility index (Phi) is 6.02. The number of hydrogen-bond acceptors (Lipinski definition) is 3. The van der Waals surface area contributed by atoms with E-state index in [1.165, 1.54) is 5.56 Å². The lowest BCUT2D eigenvalue weighted by molar-refractivity contribution is 0.0323. The summed E-state index contributed by atoms with van der Waals surface area (Å²) >= 11 is 0. The Morgan fingerprint density at radius 2 is 2.00 bits per heavy atom. The summed E-state index contributed by atoms with van der Waals surface area (Å²) in [6, 6.07) is 8.12. The van der Waals surface area contributed by atoms with Crippen LogP contribution < -0.4 is 11.1 Å². The lowest BCUT2D eigenvalue weighted by Crippen LogP contribution is -2.39. The number of morpholine rings is 1. The Hall–Kier alpha value is -1.59. The molecular weight excluding hydrogens is 264 g/mol. The largest absolute Gasteiger partial charge is 0.379 e. The van der Waals surface area contributed by atoms with Crippen molar-refractivity contribution in [2.75, 3.05) is 44.7 Å². The van der Waals surface area contributed by atoms with Gasteiger partial charge in [-0.25, -0.2) is 0 Å². The van der Waals surface area contributed by atoms with Gasteiger partial charge in [0.1, 0.15) is 0 Å². The average molecular weight is 290 g/mol. The van der Waals surface area contributed by atoms with Gasteiger partial charge in [-0.15, -0.1) is 0 Å². The first-order valence-corrected chi connectivity index (χ1v) is 7.57. The molecule has 21 heavy (non-hydrogen) atoms. The lowest BCUT2D eigenvalue weighted by Gasteiger charge is -2.28.